The second kappa shape index (κ2) is 6.11. The van der Waals surface area contributed by atoms with E-state index in [2.05, 4.69) is 0 Å². The average molecular weight is 284 g/mol. The molecule has 1 aromatic carbocycles. The smallest absolute Gasteiger partial charge is 0.306 e. The summed E-state index contributed by atoms with van der Waals surface area (Å²) in [5, 5.41) is 8.99. The highest BCUT2D eigenvalue weighted by atomic mass is 19.1. The Bertz CT molecular complexity index is 491. The van der Waals surface area contributed by atoms with Crippen LogP contribution in [0.4, 0.5) is 4.39 Å². The molecule has 0 radical (unpaired) electrons. The quantitative estimate of drug-likeness (QED) is 0.871. The standard InChI is InChI=1S/C15H21FO4/c1-9(14(17)18)6-10-7-13(20-5)11(15(2,3)16)8-12(10)19-4/h7-9H,6H2,1-5H3,(H,17,18). The Hall–Kier alpha value is -1.78. The van der Waals surface area contributed by atoms with Gasteiger partial charge in [0.15, 0.2) is 0 Å². The lowest BCUT2D eigenvalue weighted by atomic mass is 9.93. The number of carboxylic acids is 1. The van der Waals surface area contributed by atoms with E-state index in [0.29, 0.717) is 29.0 Å². The average Bonchev–Trinajstić information content (AvgIpc) is 2.36. The first kappa shape index (κ1) is 16.3. The molecule has 5 heteroatoms. The van der Waals surface area contributed by atoms with Gasteiger partial charge < -0.3 is 14.6 Å². The van der Waals surface area contributed by atoms with Gasteiger partial charge in [0.1, 0.15) is 17.2 Å². The number of rotatable bonds is 6. The Kier molecular flexibility index (Phi) is 4.98. The fourth-order valence-electron chi connectivity index (χ4n) is 2.00. The van der Waals surface area contributed by atoms with Crippen molar-refractivity contribution in [2.75, 3.05) is 14.2 Å². The van der Waals surface area contributed by atoms with Crippen molar-refractivity contribution in [1.29, 1.82) is 0 Å². The Morgan fingerprint density at radius 1 is 1.30 bits per heavy atom. The summed E-state index contributed by atoms with van der Waals surface area (Å²) in [6.45, 7) is 4.48. The highest BCUT2D eigenvalue weighted by molar-refractivity contribution is 5.70. The first-order valence-corrected chi connectivity index (χ1v) is 6.37. The van der Waals surface area contributed by atoms with Crippen LogP contribution >= 0.6 is 0 Å². The molecular formula is C15H21FO4. The minimum absolute atomic E-state index is 0.294. The predicted octanol–water partition coefficient (Wildman–Crippen LogP) is 3.17. The van der Waals surface area contributed by atoms with Gasteiger partial charge in [-0.3, -0.25) is 4.79 Å². The molecule has 0 amide bonds. The number of halogens is 1. The van der Waals surface area contributed by atoms with Crippen molar-refractivity contribution in [2.45, 2.75) is 32.9 Å². The van der Waals surface area contributed by atoms with Crippen LogP contribution in [0.25, 0.3) is 0 Å². The Labute approximate surface area is 118 Å². The second-order valence-electron chi connectivity index (χ2n) is 5.28. The molecule has 0 bridgehead atoms. The van der Waals surface area contributed by atoms with E-state index in [1.807, 2.05) is 0 Å². The SMILES string of the molecule is COc1cc(C(C)(C)F)c(OC)cc1CC(C)C(=O)O. The Balaban J connectivity index is 3.29. The molecule has 0 aliphatic heterocycles. The number of benzene rings is 1. The highest BCUT2D eigenvalue weighted by Crippen LogP contribution is 2.38. The van der Waals surface area contributed by atoms with Crippen molar-refractivity contribution in [1.82, 2.24) is 0 Å². The molecule has 1 N–H and O–H groups in total. The zero-order valence-corrected chi connectivity index (χ0v) is 12.5. The van der Waals surface area contributed by atoms with Gasteiger partial charge in [0, 0.05) is 5.56 Å². The number of hydrogen-bond acceptors (Lipinski definition) is 3. The van der Waals surface area contributed by atoms with Crippen molar-refractivity contribution < 1.29 is 23.8 Å². The third-order valence-corrected chi connectivity index (χ3v) is 3.19. The summed E-state index contributed by atoms with van der Waals surface area (Å²) in [6, 6.07) is 3.22. The summed E-state index contributed by atoms with van der Waals surface area (Å²) >= 11 is 0. The minimum Gasteiger partial charge on any atom is -0.496 e. The van der Waals surface area contributed by atoms with Crippen molar-refractivity contribution >= 4 is 5.97 Å². The maximum Gasteiger partial charge on any atom is 0.306 e. The lowest BCUT2D eigenvalue weighted by molar-refractivity contribution is -0.141. The number of ether oxygens (including phenoxy) is 2. The van der Waals surface area contributed by atoms with Crippen molar-refractivity contribution in [3.8, 4) is 11.5 Å². The molecule has 1 aromatic rings. The van der Waals surface area contributed by atoms with Crippen LogP contribution in [0.2, 0.25) is 0 Å². The molecular weight excluding hydrogens is 263 g/mol. The largest absolute Gasteiger partial charge is 0.496 e. The van der Waals surface area contributed by atoms with Gasteiger partial charge in [0.25, 0.3) is 0 Å². The number of methoxy groups -OCH3 is 2. The Morgan fingerprint density at radius 2 is 1.85 bits per heavy atom. The van der Waals surface area contributed by atoms with Gasteiger partial charge in [-0.2, -0.15) is 0 Å². The number of carbonyl (C=O) groups is 1. The number of carboxylic acid groups (broad SMARTS) is 1. The summed E-state index contributed by atoms with van der Waals surface area (Å²) in [5.41, 5.74) is -0.508. The van der Waals surface area contributed by atoms with Crippen LogP contribution in [0.3, 0.4) is 0 Å². The molecule has 0 saturated carbocycles. The number of aliphatic carboxylic acids is 1. The molecule has 0 saturated heterocycles. The molecule has 20 heavy (non-hydrogen) atoms. The maximum atomic E-state index is 14.2. The molecule has 112 valence electrons. The van der Waals surface area contributed by atoms with E-state index in [0.717, 1.165) is 0 Å². The van der Waals surface area contributed by atoms with Gasteiger partial charge >= 0.3 is 5.97 Å². The number of alkyl halides is 1. The van der Waals surface area contributed by atoms with Gasteiger partial charge in [-0.25, -0.2) is 4.39 Å². The van der Waals surface area contributed by atoms with E-state index in [4.69, 9.17) is 14.6 Å². The minimum atomic E-state index is -1.57. The highest BCUT2D eigenvalue weighted by Gasteiger charge is 2.26. The van der Waals surface area contributed by atoms with Crippen LogP contribution in [0.5, 0.6) is 11.5 Å². The fourth-order valence-corrected chi connectivity index (χ4v) is 2.00. The first-order chi connectivity index (χ1) is 9.20. The molecule has 1 atom stereocenters. The number of hydrogen-bond donors (Lipinski definition) is 1. The summed E-state index contributed by atoms with van der Waals surface area (Å²) in [7, 11) is 2.94. The van der Waals surface area contributed by atoms with Gasteiger partial charge in [-0.15, -0.1) is 0 Å². The summed E-state index contributed by atoms with van der Waals surface area (Å²) in [4.78, 5) is 11.0. The van der Waals surface area contributed by atoms with Crippen molar-refractivity contribution in [3.63, 3.8) is 0 Å². The fraction of sp³-hybridized carbons (Fsp3) is 0.533. The van der Waals surface area contributed by atoms with Crippen LogP contribution in [0.1, 0.15) is 31.9 Å². The summed E-state index contributed by atoms with van der Waals surface area (Å²) in [6.07, 6.45) is 0.294. The van der Waals surface area contributed by atoms with Gasteiger partial charge in [-0.1, -0.05) is 6.92 Å². The molecule has 0 aromatic heterocycles. The Morgan fingerprint density at radius 3 is 2.25 bits per heavy atom. The molecule has 0 fully saturated rings. The van der Waals surface area contributed by atoms with Crippen LogP contribution in [-0.4, -0.2) is 25.3 Å². The van der Waals surface area contributed by atoms with E-state index in [9.17, 15) is 9.18 Å². The zero-order chi connectivity index (χ0) is 15.5. The van der Waals surface area contributed by atoms with E-state index in [-0.39, 0.29) is 0 Å². The molecule has 1 rings (SSSR count). The normalized spacial score (nSPS) is 12.9. The molecule has 0 aliphatic rings. The van der Waals surface area contributed by atoms with E-state index < -0.39 is 17.6 Å². The lowest BCUT2D eigenvalue weighted by Gasteiger charge is -2.21. The maximum absolute atomic E-state index is 14.2. The van der Waals surface area contributed by atoms with Crippen LogP contribution in [0, 0.1) is 5.92 Å². The van der Waals surface area contributed by atoms with Gasteiger partial charge in [0.05, 0.1) is 20.1 Å². The zero-order valence-electron chi connectivity index (χ0n) is 12.5. The third-order valence-electron chi connectivity index (χ3n) is 3.19. The van der Waals surface area contributed by atoms with E-state index in [1.165, 1.54) is 28.1 Å². The molecule has 1 unspecified atom stereocenters. The molecule has 0 heterocycles. The third kappa shape index (κ3) is 3.62. The van der Waals surface area contributed by atoms with Crippen molar-refractivity contribution in [2.24, 2.45) is 5.92 Å². The van der Waals surface area contributed by atoms with E-state index in [1.54, 1.807) is 19.1 Å². The van der Waals surface area contributed by atoms with Crippen LogP contribution in [0.15, 0.2) is 12.1 Å². The molecule has 4 nitrogen and oxygen atoms in total. The first-order valence-electron chi connectivity index (χ1n) is 6.37. The predicted molar refractivity (Wildman–Crippen MR) is 74.2 cm³/mol. The van der Waals surface area contributed by atoms with Gasteiger partial charge in [-0.05, 0) is 38.0 Å². The van der Waals surface area contributed by atoms with Gasteiger partial charge in [0.2, 0.25) is 0 Å². The summed E-state index contributed by atoms with van der Waals surface area (Å²) < 4.78 is 24.6. The summed E-state index contributed by atoms with van der Waals surface area (Å²) in [5.74, 6) is -0.579. The second-order valence-corrected chi connectivity index (χ2v) is 5.28. The monoisotopic (exact) mass is 284 g/mol. The molecule has 0 aliphatic carbocycles. The topological polar surface area (TPSA) is 55.8 Å². The molecule has 0 spiro atoms. The lowest BCUT2D eigenvalue weighted by Crippen LogP contribution is -2.15. The van der Waals surface area contributed by atoms with Crippen LogP contribution in [-0.2, 0) is 16.9 Å². The van der Waals surface area contributed by atoms with E-state index >= 15 is 0 Å². The van der Waals surface area contributed by atoms with Crippen LogP contribution < -0.4 is 9.47 Å². The van der Waals surface area contributed by atoms with Crippen molar-refractivity contribution in [3.05, 3.63) is 23.3 Å².